The first-order valence-electron chi connectivity index (χ1n) is 14.3. The van der Waals surface area contributed by atoms with Crippen molar-refractivity contribution in [3.8, 4) is 0 Å². The summed E-state index contributed by atoms with van der Waals surface area (Å²) >= 11 is 0. The third-order valence-corrected chi connectivity index (χ3v) is 8.41. The molecule has 1 unspecified atom stereocenters. The van der Waals surface area contributed by atoms with E-state index in [2.05, 4.69) is 37.5 Å². The Morgan fingerprint density at radius 3 is 2.45 bits per heavy atom. The molecular weight excluding hydrogens is 512 g/mol. The number of epoxide rings is 2. The number of allylic oxidation sites excluding steroid dienone is 1. The molecule has 40 heavy (non-hydrogen) atoms. The standard InChI is InChI=1S/C31H44N2O7/c1-19(2)7-13-25-30(5,40-25)28-27(37-6)24(15-16-31(28)18-38-31)39-29(36)32-17-21-8-10-22(11-9-21)33-26(35)14-12-23(34)20(3)4/h7-11,20,24-25,27-28H,12-18H2,1-6H3,(H,32,36)(H,33,35)/t24-,25-,27-,28-,30?,31+/m1/s1. The van der Waals surface area contributed by atoms with Gasteiger partial charge in [-0.1, -0.05) is 37.6 Å². The van der Waals surface area contributed by atoms with Crippen LogP contribution in [-0.4, -0.2) is 61.0 Å². The highest BCUT2D eigenvalue weighted by molar-refractivity contribution is 5.93. The van der Waals surface area contributed by atoms with E-state index < -0.39 is 12.2 Å². The van der Waals surface area contributed by atoms with Crippen LogP contribution in [-0.2, 0) is 35.1 Å². The molecule has 1 saturated carbocycles. The van der Waals surface area contributed by atoms with Crippen molar-refractivity contribution >= 4 is 23.5 Å². The third kappa shape index (κ3) is 7.11. The van der Waals surface area contributed by atoms with Crippen molar-refractivity contribution in [1.29, 1.82) is 0 Å². The van der Waals surface area contributed by atoms with Crippen LogP contribution < -0.4 is 10.6 Å². The molecule has 0 bridgehead atoms. The average Bonchev–Trinajstić information content (AvgIpc) is 3.83. The molecule has 3 aliphatic rings. The van der Waals surface area contributed by atoms with E-state index in [4.69, 9.17) is 18.9 Å². The first kappa shape index (κ1) is 30.2. The van der Waals surface area contributed by atoms with Crippen LogP contribution in [0, 0.1) is 11.8 Å². The molecule has 220 valence electrons. The summed E-state index contributed by atoms with van der Waals surface area (Å²) in [6, 6.07) is 7.20. The van der Waals surface area contributed by atoms with Crippen molar-refractivity contribution < 1.29 is 33.3 Å². The van der Waals surface area contributed by atoms with Crippen LogP contribution in [0.15, 0.2) is 35.9 Å². The molecule has 2 amide bonds. The van der Waals surface area contributed by atoms with Crippen LogP contribution >= 0.6 is 0 Å². The van der Waals surface area contributed by atoms with E-state index in [1.165, 1.54) is 5.57 Å². The summed E-state index contributed by atoms with van der Waals surface area (Å²) in [6.45, 7) is 10.9. The number of hydrogen-bond acceptors (Lipinski definition) is 7. The molecule has 2 saturated heterocycles. The Morgan fingerprint density at radius 1 is 1.15 bits per heavy atom. The summed E-state index contributed by atoms with van der Waals surface area (Å²) in [5.41, 5.74) is 2.10. The molecule has 1 aromatic carbocycles. The highest BCUT2D eigenvalue weighted by atomic mass is 16.6. The Kier molecular flexibility index (Phi) is 9.37. The largest absolute Gasteiger partial charge is 0.443 e. The minimum atomic E-state index is -0.506. The summed E-state index contributed by atoms with van der Waals surface area (Å²) in [4.78, 5) is 36.6. The van der Waals surface area contributed by atoms with Crippen molar-refractivity contribution in [3.63, 3.8) is 0 Å². The second-order valence-corrected chi connectivity index (χ2v) is 12.0. The van der Waals surface area contributed by atoms with Gasteiger partial charge in [0.15, 0.2) is 0 Å². The van der Waals surface area contributed by atoms with E-state index in [0.29, 0.717) is 18.7 Å². The van der Waals surface area contributed by atoms with Crippen molar-refractivity contribution in [3.05, 3.63) is 41.5 Å². The number of methoxy groups -OCH3 is 1. The number of alkyl carbamates (subject to hydrolysis) is 1. The number of carbonyl (C=O) groups is 3. The number of nitrogens with one attached hydrogen (secondary N) is 2. The van der Waals surface area contributed by atoms with Gasteiger partial charge in [-0.05, 0) is 57.7 Å². The predicted octanol–water partition coefficient (Wildman–Crippen LogP) is 4.93. The Bertz CT molecular complexity index is 1110. The van der Waals surface area contributed by atoms with Crippen LogP contribution in [0.2, 0.25) is 0 Å². The first-order valence-corrected chi connectivity index (χ1v) is 14.3. The van der Waals surface area contributed by atoms with E-state index in [1.54, 1.807) is 19.2 Å². The number of Topliss-reactive ketones (excluding diaryl/α,β-unsaturated/α-hetero) is 1. The molecular formula is C31H44N2O7. The third-order valence-electron chi connectivity index (χ3n) is 8.41. The normalized spacial score (nSPS) is 30.5. The quantitative estimate of drug-likeness (QED) is 0.277. The molecule has 2 aliphatic heterocycles. The van der Waals surface area contributed by atoms with Gasteiger partial charge in [0.2, 0.25) is 5.91 Å². The van der Waals surface area contributed by atoms with Crippen LogP contribution in [0.5, 0.6) is 0 Å². The van der Waals surface area contributed by atoms with E-state index in [0.717, 1.165) is 18.4 Å². The minimum Gasteiger partial charge on any atom is -0.443 e. The summed E-state index contributed by atoms with van der Waals surface area (Å²) in [6.07, 6.45) is 3.73. The Hall–Kier alpha value is -2.75. The van der Waals surface area contributed by atoms with Gasteiger partial charge in [-0.25, -0.2) is 4.79 Å². The first-order chi connectivity index (χ1) is 19.0. The van der Waals surface area contributed by atoms with E-state index in [-0.39, 0.29) is 66.3 Å². The molecule has 6 atom stereocenters. The minimum absolute atomic E-state index is 0.0293. The Balaban J connectivity index is 1.27. The molecule has 4 rings (SSSR count). The predicted molar refractivity (Wildman–Crippen MR) is 151 cm³/mol. The lowest BCUT2D eigenvalue weighted by Gasteiger charge is -2.42. The molecule has 9 heteroatoms. The van der Waals surface area contributed by atoms with Gasteiger partial charge in [-0.15, -0.1) is 0 Å². The van der Waals surface area contributed by atoms with Crippen molar-refractivity contribution in [2.45, 2.75) is 103 Å². The monoisotopic (exact) mass is 556 g/mol. The summed E-state index contributed by atoms with van der Waals surface area (Å²) < 4.78 is 24.0. The van der Waals surface area contributed by atoms with Crippen molar-refractivity contribution in [2.24, 2.45) is 11.8 Å². The van der Waals surface area contributed by atoms with E-state index in [9.17, 15) is 14.4 Å². The fourth-order valence-electron chi connectivity index (χ4n) is 5.88. The fourth-order valence-corrected chi connectivity index (χ4v) is 5.88. The molecule has 2 heterocycles. The molecule has 3 fully saturated rings. The smallest absolute Gasteiger partial charge is 0.407 e. The Morgan fingerprint density at radius 2 is 1.85 bits per heavy atom. The maximum atomic E-state index is 12.8. The maximum Gasteiger partial charge on any atom is 0.407 e. The van der Waals surface area contributed by atoms with E-state index in [1.807, 2.05) is 26.0 Å². The highest BCUT2D eigenvalue weighted by Gasteiger charge is 2.72. The lowest BCUT2D eigenvalue weighted by molar-refractivity contribution is -0.124. The molecule has 0 radical (unpaired) electrons. The molecule has 1 aliphatic carbocycles. The number of hydrogen-bond donors (Lipinski definition) is 2. The number of rotatable bonds is 12. The van der Waals surface area contributed by atoms with Gasteiger partial charge in [0.25, 0.3) is 0 Å². The topological polar surface area (TPSA) is 119 Å². The number of carbonyl (C=O) groups excluding carboxylic acids is 3. The van der Waals surface area contributed by atoms with Gasteiger partial charge >= 0.3 is 6.09 Å². The van der Waals surface area contributed by atoms with Gasteiger partial charge in [0.1, 0.15) is 29.2 Å². The summed E-state index contributed by atoms with van der Waals surface area (Å²) in [7, 11) is 1.66. The molecule has 2 N–H and O–H groups in total. The number of amides is 2. The zero-order valence-corrected chi connectivity index (χ0v) is 24.6. The second-order valence-electron chi connectivity index (χ2n) is 12.0. The van der Waals surface area contributed by atoms with Gasteiger partial charge in [-0.3, -0.25) is 9.59 Å². The van der Waals surface area contributed by atoms with Gasteiger partial charge in [-0.2, -0.15) is 0 Å². The van der Waals surface area contributed by atoms with Crippen LogP contribution in [0.1, 0.15) is 72.3 Å². The Labute approximate surface area is 237 Å². The van der Waals surface area contributed by atoms with Crippen LogP contribution in [0.4, 0.5) is 10.5 Å². The average molecular weight is 557 g/mol. The number of ketones is 1. The molecule has 1 aromatic rings. The fraction of sp³-hybridized carbons (Fsp3) is 0.645. The van der Waals surface area contributed by atoms with Crippen molar-refractivity contribution in [2.75, 3.05) is 19.0 Å². The highest BCUT2D eigenvalue weighted by Crippen LogP contribution is 2.59. The molecule has 0 aromatic heterocycles. The number of ether oxygens (including phenoxy) is 4. The van der Waals surface area contributed by atoms with Crippen LogP contribution in [0.25, 0.3) is 0 Å². The lowest BCUT2D eigenvalue weighted by atomic mass is 9.68. The molecule has 1 spiro atoms. The summed E-state index contributed by atoms with van der Waals surface area (Å²) in [5, 5.41) is 5.63. The zero-order chi connectivity index (χ0) is 29.1. The number of anilines is 1. The van der Waals surface area contributed by atoms with Gasteiger partial charge < -0.3 is 29.6 Å². The van der Waals surface area contributed by atoms with E-state index >= 15 is 0 Å². The lowest BCUT2D eigenvalue weighted by Crippen LogP contribution is -2.56. The number of benzene rings is 1. The molecule has 9 nitrogen and oxygen atoms in total. The maximum absolute atomic E-state index is 12.8. The van der Waals surface area contributed by atoms with Crippen LogP contribution in [0.3, 0.4) is 0 Å². The summed E-state index contributed by atoms with van der Waals surface area (Å²) in [5.74, 6) is -0.231. The zero-order valence-electron chi connectivity index (χ0n) is 24.6. The van der Waals surface area contributed by atoms with Crippen molar-refractivity contribution in [1.82, 2.24) is 5.32 Å². The second kappa shape index (κ2) is 12.4. The SMILES string of the molecule is CO[C@H]1[C@H](C2(C)O[C@@H]2CC=C(C)C)[C@]2(CC[C@H]1OC(=O)NCc1ccc(NC(=O)CCC(=O)C(C)C)cc1)CO2. The van der Waals surface area contributed by atoms with Gasteiger partial charge in [0.05, 0.1) is 18.6 Å². The van der Waals surface area contributed by atoms with Gasteiger partial charge in [0, 0.05) is 38.1 Å².